The average Bonchev–Trinajstić information content (AvgIpc) is 2.39. The number of pyridine rings is 1. The van der Waals surface area contributed by atoms with Crippen LogP contribution in [0.4, 0.5) is 5.82 Å². The Hall–Kier alpha value is -2.48. The van der Waals surface area contributed by atoms with Gasteiger partial charge in [-0.2, -0.15) is 5.26 Å². The summed E-state index contributed by atoms with van der Waals surface area (Å²) in [5.74, 6) is 1.44. The predicted octanol–water partition coefficient (Wildman–Crippen LogP) is 2.17. The van der Waals surface area contributed by atoms with E-state index in [-0.39, 0.29) is 0 Å². The van der Waals surface area contributed by atoms with E-state index in [1.54, 1.807) is 12.4 Å². The number of hydrogen-bond acceptors (Lipinski definition) is 5. The molecule has 0 aliphatic carbocycles. The number of anilines is 1. The molecule has 0 amide bonds. The van der Waals surface area contributed by atoms with Crippen LogP contribution in [-0.4, -0.2) is 21.5 Å². The van der Waals surface area contributed by atoms with Crippen LogP contribution in [0.3, 0.4) is 0 Å². The second-order valence-electron chi connectivity index (χ2n) is 3.76. The molecule has 2 rings (SSSR count). The van der Waals surface area contributed by atoms with E-state index in [9.17, 15) is 0 Å². The fraction of sp³-hybridized carbons (Fsp3) is 0.231. The Morgan fingerprint density at radius 1 is 1.28 bits per heavy atom. The molecule has 0 saturated heterocycles. The van der Waals surface area contributed by atoms with Gasteiger partial charge in [-0.3, -0.25) is 4.98 Å². The largest absolute Gasteiger partial charge is 0.369 e. The van der Waals surface area contributed by atoms with E-state index in [4.69, 9.17) is 5.26 Å². The summed E-state index contributed by atoms with van der Waals surface area (Å²) in [5.41, 5.74) is 1.85. The Labute approximate surface area is 106 Å². The van der Waals surface area contributed by atoms with Gasteiger partial charge in [-0.1, -0.05) is 0 Å². The number of nitriles is 1. The lowest BCUT2D eigenvalue weighted by Gasteiger charge is -2.07. The number of nitrogens with zero attached hydrogens (tertiary/aromatic N) is 4. The highest BCUT2D eigenvalue weighted by molar-refractivity contribution is 5.61. The first-order chi connectivity index (χ1) is 8.79. The highest BCUT2D eigenvalue weighted by Gasteiger charge is 2.03. The van der Waals surface area contributed by atoms with Crippen LogP contribution in [0.2, 0.25) is 0 Å². The third kappa shape index (κ3) is 3.01. The molecule has 0 atom stereocenters. The van der Waals surface area contributed by atoms with E-state index in [1.807, 2.05) is 25.1 Å². The molecule has 0 aliphatic heterocycles. The van der Waals surface area contributed by atoms with Gasteiger partial charge in [0.1, 0.15) is 11.6 Å². The van der Waals surface area contributed by atoms with Crippen LogP contribution in [0.25, 0.3) is 11.3 Å². The minimum absolute atomic E-state index is 0.452. The lowest BCUT2D eigenvalue weighted by atomic mass is 10.2. The summed E-state index contributed by atoms with van der Waals surface area (Å²) in [4.78, 5) is 12.7. The molecule has 1 N–H and O–H groups in total. The highest BCUT2D eigenvalue weighted by Crippen LogP contribution is 2.18. The highest BCUT2D eigenvalue weighted by atomic mass is 15.0. The van der Waals surface area contributed by atoms with Gasteiger partial charge in [0.15, 0.2) is 0 Å². The van der Waals surface area contributed by atoms with Gasteiger partial charge in [-0.25, -0.2) is 9.97 Å². The van der Waals surface area contributed by atoms with Crippen LogP contribution < -0.4 is 5.32 Å². The molecular formula is C13H13N5. The number of rotatable bonds is 4. The molecule has 2 aromatic rings. The molecule has 0 aromatic carbocycles. The third-order valence-electron chi connectivity index (χ3n) is 2.36. The fourth-order valence-electron chi connectivity index (χ4n) is 1.58. The minimum Gasteiger partial charge on any atom is -0.369 e. The molecule has 0 saturated carbocycles. The van der Waals surface area contributed by atoms with E-state index in [0.29, 0.717) is 18.8 Å². The van der Waals surface area contributed by atoms with Crippen molar-refractivity contribution >= 4 is 5.82 Å². The van der Waals surface area contributed by atoms with E-state index in [0.717, 1.165) is 17.1 Å². The van der Waals surface area contributed by atoms with Gasteiger partial charge in [0.25, 0.3) is 0 Å². The van der Waals surface area contributed by atoms with Crippen molar-refractivity contribution in [2.75, 3.05) is 11.9 Å². The van der Waals surface area contributed by atoms with Crippen molar-refractivity contribution in [1.29, 1.82) is 5.26 Å². The van der Waals surface area contributed by atoms with Crippen LogP contribution in [0, 0.1) is 18.3 Å². The second kappa shape index (κ2) is 5.73. The first-order valence-corrected chi connectivity index (χ1v) is 5.66. The summed E-state index contributed by atoms with van der Waals surface area (Å²) >= 11 is 0. The lowest BCUT2D eigenvalue weighted by molar-refractivity contribution is 1.01. The second-order valence-corrected chi connectivity index (χ2v) is 3.76. The molecule has 0 radical (unpaired) electrons. The van der Waals surface area contributed by atoms with Crippen molar-refractivity contribution in [2.45, 2.75) is 13.3 Å². The average molecular weight is 239 g/mol. The molecular weight excluding hydrogens is 226 g/mol. The number of hydrogen-bond donors (Lipinski definition) is 1. The minimum atomic E-state index is 0.452. The molecule has 5 heteroatoms. The quantitative estimate of drug-likeness (QED) is 0.827. The maximum atomic E-state index is 8.50. The van der Waals surface area contributed by atoms with Crippen LogP contribution in [0.1, 0.15) is 12.2 Å². The first kappa shape index (κ1) is 12.0. The predicted molar refractivity (Wildman–Crippen MR) is 68.7 cm³/mol. The van der Waals surface area contributed by atoms with Crippen molar-refractivity contribution in [3.63, 3.8) is 0 Å². The SMILES string of the molecule is Cc1nc(NCCC#N)cc(-c2ccncc2)n1. The Balaban J connectivity index is 2.25. The van der Waals surface area contributed by atoms with Gasteiger partial charge in [-0.05, 0) is 19.1 Å². The van der Waals surface area contributed by atoms with Crippen LogP contribution >= 0.6 is 0 Å². The molecule has 2 heterocycles. The monoisotopic (exact) mass is 239 g/mol. The zero-order valence-electron chi connectivity index (χ0n) is 10.1. The van der Waals surface area contributed by atoms with Crippen molar-refractivity contribution in [3.05, 3.63) is 36.4 Å². The van der Waals surface area contributed by atoms with E-state index < -0.39 is 0 Å². The summed E-state index contributed by atoms with van der Waals surface area (Å²) < 4.78 is 0. The van der Waals surface area contributed by atoms with Crippen molar-refractivity contribution in [3.8, 4) is 17.3 Å². The van der Waals surface area contributed by atoms with Gasteiger partial charge in [0.05, 0.1) is 18.2 Å². The fourth-order valence-corrected chi connectivity index (χ4v) is 1.58. The molecule has 90 valence electrons. The van der Waals surface area contributed by atoms with Gasteiger partial charge >= 0.3 is 0 Å². The standard InChI is InChI=1S/C13H13N5/c1-10-17-12(11-3-7-15-8-4-11)9-13(18-10)16-6-2-5-14/h3-4,7-9H,2,6H2,1H3,(H,16,17,18). The molecule has 18 heavy (non-hydrogen) atoms. The molecule has 0 aliphatic rings. The zero-order valence-corrected chi connectivity index (χ0v) is 10.1. The van der Waals surface area contributed by atoms with E-state index >= 15 is 0 Å². The summed E-state index contributed by atoms with van der Waals surface area (Å²) in [7, 11) is 0. The van der Waals surface area contributed by atoms with Gasteiger partial charge < -0.3 is 5.32 Å². The van der Waals surface area contributed by atoms with Crippen molar-refractivity contribution in [1.82, 2.24) is 15.0 Å². The molecule has 0 spiro atoms. The smallest absolute Gasteiger partial charge is 0.130 e. The van der Waals surface area contributed by atoms with E-state index in [2.05, 4.69) is 26.3 Å². The summed E-state index contributed by atoms with van der Waals surface area (Å²) in [6.07, 6.45) is 3.92. The molecule has 0 fully saturated rings. The number of aryl methyl sites for hydroxylation is 1. The Morgan fingerprint density at radius 3 is 2.78 bits per heavy atom. The summed E-state index contributed by atoms with van der Waals surface area (Å²) in [6, 6.07) is 7.77. The Kier molecular flexibility index (Phi) is 3.82. The normalized spacial score (nSPS) is 9.78. The molecule has 5 nitrogen and oxygen atoms in total. The van der Waals surface area contributed by atoms with Crippen molar-refractivity contribution < 1.29 is 0 Å². The maximum absolute atomic E-state index is 8.50. The Bertz CT molecular complexity index is 559. The molecule has 0 unspecified atom stereocenters. The third-order valence-corrected chi connectivity index (χ3v) is 2.36. The van der Waals surface area contributed by atoms with E-state index in [1.165, 1.54) is 0 Å². The zero-order chi connectivity index (χ0) is 12.8. The lowest BCUT2D eigenvalue weighted by Crippen LogP contribution is -2.04. The van der Waals surface area contributed by atoms with Crippen LogP contribution in [0.5, 0.6) is 0 Å². The maximum Gasteiger partial charge on any atom is 0.130 e. The summed E-state index contributed by atoms with van der Waals surface area (Å²) in [5, 5.41) is 11.6. The van der Waals surface area contributed by atoms with Gasteiger partial charge in [0, 0.05) is 30.6 Å². The van der Waals surface area contributed by atoms with Crippen LogP contribution in [0.15, 0.2) is 30.6 Å². The molecule has 0 bridgehead atoms. The first-order valence-electron chi connectivity index (χ1n) is 5.66. The van der Waals surface area contributed by atoms with Crippen LogP contribution in [-0.2, 0) is 0 Å². The van der Waals surface area contributed by atoms with Gasteiger partial charge in [0.2, 0.25) is 0 Å². The number of aromatic nitrogens is 3. The topological polar surface area (TPSA) is 74.5 Å². The summed E-state index contributed by atoms with van der Waals surface area (Å²) in [6.45, 7) is 2.43. The van der Waals surface area contributed by atoms with Gasteiger partial charge in [-0.15, -0.1) is 0 Å². The van der Waals surface area contributed by atoms with Crippen molar-refractivity contribution in [2.24, 2.45) is 0 Å². The number of nitrogens with one attached hydrogen (secondary N) is 1. The molecule has 2 aromatic heterocycles. The Morgan fingerprint density at radius 2 is 2.06 bits per heavy atom.